The van der Waals surface area contributed by atoms with E-state index in [0.29, 0.717) is 0 Å². The molecule has 5 heteroatoms. The van der Waals surface area contributed by atoms with Crippen LogP contribution in [0.5, 0.6) is 0 Å². The lowest BCUT2D eigenvalue weighted by atomic mass is 10.2. The van der Waals surface area contributed by atoms with Crippen LogP contribution in [0.2, 0.25) is 0 Å². The van der Waals surface area contributed by atoms with Crippen LogP contribution in [0.15, 0.2) is 34.2 Å². The number of methoxy groups -OCH3 is 1. The van der Waals surface area contributed by atoms with Crippen LogP contribution >= 0.6 is 11.8 Å². The highest BCUT2D eigenvalue weighted by Crippen LogP contribution is 2.14. The van der Waals surface area contributed by atoms with Gasteiger partial charge in [-0.15, -0.1) is 11.8 Å². The molecule has 19 heavy (non-hydrogen) atoms. The molecular formula is C14H23N3OS. The Bertz CT molecular complexity index is 379. The highest BCUT2D eigenvalue weighted by molar-refractivity contribution is 7.98. The van der Waals surface area contributed by atoms with Crippen molar-refractivity contribution in [1.29, 1.82) is 0 Å². The number of hydrogen-bond acceptors (Lipinski definition) is 3. The summed E-state index contributed by atoms with van der Waals surface area (Å²) in [5.74, 6) is 0.824. The number of hydrogen-bond donors (Lipinski definition) is 2. The molecule has 0 radical (unpaired) electrons. The van der Waals surface area contributed by atoms with Crippen molar-refractivity contribution < 1.29 is 4.74 Å². The molecule has 0 bridgehead atoms. The van der Waals surface area contributed by atoms with Crippen LogP contribution in [0.25, 0.3) is 0 Å². The molecule has 0 atom stereocenters. The number of aliphatic imine (C=N–C) groups is 1. The van der Waals surface area contributed by atoms with Gasteiger partial charge in [-0.05, 0) is 30.4 Å². The zero-order valence-electron chi connectivity index (χ0n) is 11.9. The summed E-state index contributed by atoms with van der Waals surface area (Å²) >= 11 is 1.75. The van der Waals surface area contributed by atoms with E-state index in [-0.39, 0.29) is 0 Å². The van der Waals surface area contributed by atoms with E-state index in [2.05, 4.69) is 46.1 Å². The third-order valence-corrected chi connectivity index (χ3v) is 3.40. The zero-order chi connectivity index (χ0) is 13.9. The van der Waals surface area contributed by atoms with Crippen molar-refractivity contribution in [3.63, 3.8) is 0 Å². The Balaban J connectivity index is 2.32. The smallest absolute Gasteiger partial charge is 0.191 e. The van der Waals surface area contributed by atoms with Gasteiger partial charge in [0.25, 0.3) is 0 Å². The van der Waals surface area contributed by atoms with Gasteiger partial charge in [0, 0.05) is 38.7 Å². The van der Waals surface area contributed by atoms with Crippen molar-refractivity contribution in [1.82, 2.24) is 10.6 Å². The average molecular weight is 281 g/mol. The largest absolute Gasteiger partial charge is 0.385 e. The second-order valence-corrected chi connectivity index (χ2v) is 4.93. The number of guanidine groups is 1. The summed E-state index contributed by atoms with van der Waals surface area (Å²) in [5.41, 5.74) is 1.25. The summed E-state index contributed by atoms with van der Waals surface area (Å²) in [6.45, 7) is 2.40. The number of benzene rings is 1. The van der Waals surface area contributed by atoms with E-state index in [1.807, 2.05) is 0 Å². The van der Waals surface area contributed by atoms with Gasteiger partial charge in [-0.25, -0.2) is 0 Å². The van der Waals surface area contributed by atoms with Crippen LogP contribution in [0.3, 0.4) is 0 Å². The number of nitrogens with zero attached hydrogens (tertiary/aromatic N) is 1. The highest BCUT2D eigenvalue weighted by atomic mass is 32.2. The summed E-state index contributed by atoms with van der Waals surface area (Å²) in [5, 5.41) is 6.54. The van der Waals surface area contributed by atoms with E-state index in [9.17, 15) is 0 Å². The van der Waals surface area contributed by atoms with Crippen molar-refractivity contribution in [3.05, 3.63) is 29.8 Å². The molecule has 0 aliphatic rings. The maximum Gasteiger partial charge on any atom is 0.191 e. The molecule has 1 rings (SSSR count). The predicted molar refractivity (Wildman–Crippen MR) is 82.9 cm³/mol. The first-order valence-corrected chi connectivity index (χ1v) is 7.59. The molecule has 0 unspecified atom stereocenters. The monoisotopic (exact) mass is 281 g/mol. The fourth-order valence-electron chi connectivity index (χ4n) is 1.57. The van der Waals surface area contributed by atoms with Gasteiger partial charge >= 0.3 is 0 Å². The van der Waals surface area contributed by atoms with Crippen molar-refractivity contribution in [3.8, 4) is 0 Å². The van der Waals surface area contributed by atoms with Crippen LogP contribution in [-0.4, -0.2) is 39.5 Å². The predicted octanol–water partition coefficient (Wildman–Crippen LogP) is 2.11. The summed E-state index contributed by atoms with van der Waals surface area (Å²) in [4.78, 5) is 5.47. The van der Waals surface area contributed by atoms with E-state index >= 15 is 0 Å². The molecule has 4 nitrogen and oxygen atoms in total. The lowest BCUT2D eigenvalue weighted by Crippen LogP contribution is -2.37. The molecule has 0 saturated heterocycles. The van der Waals surface area contributed by atoms with Crippen molar-refractivity contribution in [2.75, 3.05) is 33.6 Å². The Morgan fingerprint density at radius 3 is 2.58 bits per heavy atom. The molecule has 1 aromatic rings. The van der Waals surface area contributed by atoms with Gasteiger partial charge in [-0.1, -0.05) is 12.1 Å². The summed E-state index contributed by atoms with van der Waals surface area (Å²) in [7, 11) is 3.49. The third kappa shape index (κ3) is 6.50. The molecule has 0 fully saturated rings. The van der Waals surface area contributed by atoms with Crippen LogP contribution in [0, 0.1) is 0 Å². The quantitative estimate of drug-likeness (QED) is 0.348. The lowest BCUT2D eigenvalue weighted by molar-refractivity contribution is 0.195. The molecule has 0 amide bonds. The molecule has 0 aliphatic carbocycles. The minimum atomic E-state index is 0.764. The fraction of sp³-hybridized carbons (Fsp3) is 0.500. The van der Waals surface area contributed by atoms with Crippen LogP contribution in [0.1, 0.15) is 12.0 Å². The Hall–Kier alpha value is -1.20. The van der Waals surface area contributed by atoms with Crippen LogP contribution in [-0.2, 0) is 11.3 Å². The number of nitrogens with one attached hydrogen (secondary N) is 2. The standard InChI is InChI=1S/C14H23N3OS/c1-15-14(16-9-4-10-18-2)17-11-12-5-7-13(19-3)8-6-12/h5-8H,4,9-11H2,1-3H3,(H2,15,16,17). The Labute approximate surface area is 120 Å². The topological polar surface area (TPSA) is 45.7 Å². The van der Waals surface area contributed by atoms with Crippen molar-refractivity contribution >= 4 is 17.7 Å². The maximum atomic E-state index is 5.01. The molecular weight excluding hydrogens is 258 g/mol. The number of ether oxygens (including phenoxy) is 1. The summed E-state index contributed by atoms with van der Waals surface area (Å²) in [6, 6.07) is 8.54. The zero-order valence-corrected chi connectivity index (χ0v) is 12.7. The molecule has 0 aliphatic heterocycles. The second-order valence-electron chi connectivity index (χ2n) is 4.05. The normalized spacial score (nSPS) is 11.4. The van der Waals surface area contributed by atoms with Crippen molar-refractivity contribution in [2.24, 2.45) is 4.99 Å². The second kappa shape index (κ2) is 9.69. The first-order chi connectivity index (χ1) is 9.30. The van der Waals surface area contributed by atoms with Crippen LogP contribution < -0.4 is 10.6 Å². The molecule has 0 spiro atoms. The lowest BCUT2D eigenvalue weighted by Gasteiger charge is -2.11. The first-order valence-electron chi connectivity index (χ1n) is 6.36. The Kier molecular flexibility index (Phi) is 8.09. The van der Waals surface area contributed by atoms with Gasteiger partial charge in [-0.2, -0.15) is 0 Å². The van der Waals surface area contributed by atoms with E-state index in [1.165, 1.54) is 10.5 Å². The number of rotatable bonds is 7. The Morgan fingerprint density at radius 2 is 2.00 bits per heavy atom. The van der Waals surface area contributed by atoms with Crippen molar-refractivity contribution in [2.45, 2.75) is 17.9 Å². The SMILES string of the molecule is CN=C(NCCCOC)NCc1ccc(SC)cc1. The maximum absolute atomic E-state index is 5.01. The third-order valence-electron chi connectivity index (χ3n) is 2.66. The van der Waals surface area contributed by atoms with Gasteiger partial charge in [0.05, 0.1) is 0 Å². The van der Waals surface area contributed by atoms with Gasteiger partial charge in [-0.3, -0.25) is 4.99 Å². The van der Waals surface area contributed by atoms with E-state index in [4.69, 9.17) is 4.74 Å². The summed E-state index contributed by atoms with van der Waals surface area (Å²) in [6.07, 6.45) is 3.05. The molecule has 106 valence electrons. The van der Waals surface area contributed by atoms with E-state index in [1.54, 1.807) is 25.9 Å². The molecule has 0 aromatic heterocycles. The van der Waals surface area contributed by atoms with E-state index in [0.717, 1.165) is 32.1 Å². The first kappa shape index (κ1) is 15.9. The molecule has 0 saturated carbocycles. The van der Waals surface area contributed by atoms with Crippen LogP contribution in [0.4, 0.5) is 0 Å². The van der Waals surface area contributed by atoms with Gasteiger partial charge in [0.1, 0.15) is 0 Å². The van der Waals surface area contributed by atoms with Gasteiger partial charge in [0.2, 0.25) is 0 Å². The average Bonchev–Trinajstić information content (AvgIpc) is 2.47. The highest BCUT2D eigenvalue weighted by Gasteiger charge is 1.98. The summed E-state index contributed by atoms with van der Waals surface area (Å²) < 4.78 is 5.01. The Morgan fingerprint density at radius 1 is 1.26 bits per heavy atom. The molecule has 1 aromatic carbocycles. The molecule has 0 heterocycles. The van der Waals surface area contributed by atoms with Gasteiger partial charge in [0.15, 0.2) is 5.96 Å². The number of thioether (sulfide) groups is 1. The molecule has 2 N–H and O–H groups in total. The van der Waals surface area contributed by atoms with Gasteiger partial charge < -0.3 is 15.4 Å². The fourth-order valence-corrected chi connectivity index (χ4v) is 1.98. The minimum Gasteiger partial charge on any atom is -0.385 e. The minimum absolute atomic E-state index is 0.764. The van der Waals surface area contributed by atoms with E-state index < -0.39 is 0 Å².